The van der Waals surface area contributed by atoms with Gasteiger partial charge in [-0.15, -0.1) is 5.10 Å². The molecule has 4 rings (SSSR count). The Morgan fingerprint density at radius 2 is 1.81 bits per heavy atom. The summed E-state index contributed by atoms with van der Waals surface area (Å²) < 4.78 is 1.76. The summed E-state index contributed by atoms with van der Waals surface area (Å²) in [6, 6.07) is 13.7. The van der Waals surface area contributed by atoms with Crippen LogP contribution in [0.1, 0.15) is 11.3 Å². The van der Waals surface area contributed by atoms with Gasteiger partial charge in [0.25, 0.3) is 0 Å². The number of para-hydroxylation sites is 1. The van der Waals surface area contributed by atoms with Crippen LogP contribution in [0.4, 0.5) is 0 Å². The van der Waals surface area contributed by atoms with Crippen molar-refractivity contribution < 1.29 is 0 Å². The minimum Gasteiger partial charge on any atom is -0.264 e. The van der Waals surface area contributed by atoms with Crippen LogP contribution in [-0.4, -0.2) is 29.7 Å². The van der Waals surface area contributed by atoms with Crippen molar-refractivity contribution in [2.24, 2.45) is 0 Å². The second kappa shape index (κ2) is 7.05. The van der Waals surface area contributed by atoms with Crippen LogP contribution in [0.15, 0.2) is 71.4 Å². The number of pyridine rings is 1. The molecule has 0 aliphatic heterocycles. The summed E-state index contributed by atoms with van der Waals surface area (Å²) in [6.45, 7) is 4.00. The zero-order valence-electron chi connectivity index (χ0n) is 14.4. The van der Waals surface area contributed by atoms with Gasteiger partial charge in [-0.1, -0.05) is 18.2 Å². The van der Waals surface area contributed by atoms with Gasteiger partial charge in [0, 0.05) is 29.2 Å². The standard InChI is InChI=1S/C19H16N6S/c1-13-14(2)22-17(15-7-6-10-20-11-15)23-18(13)26-19-21-12-25(24-19)16-8-4-3-5-9-16/h3-12H,1-2H3. The van der Waals surface area contributed by atoms with Gasteiger partial charge >= 0.3 is 0 Å². The molecule has 1 aromatic carbocycles. The molecular weight excluding hydrogens is 344 g/mol. The van der Waals surface area contributed by atoms with Gasteiger partial charge in [-0.25, -0.2) is 19.6 Å². The van der Waals surface area contributed by atoms with Crippen LogP contribution >= 0.6 is 11.8 Å². The van der Waals surface area contributed by atoms with E-state index >= 15 is 0 Å². The maximum absolute atomic E-state index is 4.70. The molecule has 0 radical (unpaired) electrons. The molecule has 0 N–H and O–H groups in total. The number of aromatic nitrogens is 6. The average Bonchev–Trinajstić information content (AvgIpc) is 3.15. The summed E-state index contributed by atoms with van der Waals surface area (Å²) >= 11 is 1.44. The van der Waals surface area contributed by atoms with E-state index in [1.165, 1.54) is 11.8 Å². The van der Waals surface area contributed by atoms with Crippen LogP contribution < -0.4 is 0 Å². The Bertz CT molecular complexity index is 1030. The number of nitrogens with zero attached hydrogens (tertiary/aromatic N) is 6. The number of hydrogen-bond acceptors (Lipinski definition) is 6. The smallest absolute Gasteiger partial charge is 0.215 e. The zero-order valence-corrected chi connectivity index (χ0v) is 15.2. The van der Waals surface area contributed by atoms with E-state index in [1.54, 1.807) is 23.4 Å². The van der Waals surface area contributed by atoms with Gasteiger partial charge in [-0.2, -0.15) is 0 Å². The van der Waals surface area contributed by atoms with Crippen molar-refractivity contribution in [2.45, 2.75) is 24.0 Å². The van der Waals surface area contributed by atoms with Gasteiger partial charge in [0.1, 0.15) is 11.4 Å². The van der Waals surface area contributed by atoms with Gasteiger partial charge in [0.15, 0.2) is 5.82 Å². The highest BCUT2D eigenvalue weighted by atomic mass is 32.2. The normalized spacial score (nSPS) is 10.8. The van der Waals surface area contributed by atoms with Gasteiger partial charge in [-0.3, -0.25) is 4.98 Å². The molecule has 4 aromatic rings. The van der Waals surface area contributed by atoms with Gasteiger partial charge in [-0.05, 0) is 49.9 Å². The molecule has 7 heteroatoms. The van der Waals surface area contributed by atoms with E-state index < -0.39 is 0 Å². The molecule has 3 heterocycles. The first kappa shape index (κ1) is 16.4. The van der Waals surface area contributed by atoms with Crippen LogP contribution in [0.3, 0.4) is 0 Å². The molecule has 3 aromatic heterocycles. The molecule has 0 fully saturated rings. The van der Waals surface area contributed by atoms with Crippen molar-refractivity contribution in [1.82, 2.24) is 29.7 Å². The summed E-state index contributed by atoms with van der Waals surface area (Å²) in [5.41, 5.74) is 3.82. The maximum Gasteiger partial charge on any atom is 0.215 e. The Morgan fingerprint density at radius 3 is 2.58 bits per heavy atom. The second-order valence-electron chi connectivity index (χ2n) is 5.71. The monoisotopic (exact) mass is 360 g/mol. The number of aryl methyl sites for hydroxylation is 1. The Labute approximate surface area is 155 Å². The van der Waals surface area contributed by atoms with E-state index in [-0.39, 0.29) is 0 Å². The minimum absolute atomic E-state index is 0.646. The molecule has 0 saturated carbocycles. The number of hydrogen-bond donors (Lipinski definition) is 0. The Balaban J connectivity index is 1.66. The lowest BCUT2D eigenvalue weighted by Crippen LogP contribution is -1.99. The third kappa shape index (κ3) is 3.34. The fraction of sp³-hybridized carbons (Fsp3) is 0.105. The summed E-state index contributed by atoms with van der Waals surface area (Å²) in [4.78, 5) is 17.8. The van der Waals surface area contributed by atoms with Crippen molar-refractivity contribution in [3.05, 3.63) is 72.4 Å². The number of rotatable bonds is 4. The van der Waals surface area contributed by atoms with Crippen molar-refractivity contribution in [1.29, 1.82) is 0 Å². The lowest BCUT2D eigenvalue weighted by Gasteiger charge is -2.08. The molecule has 0 saturated heterocycles. The van der Waals surface area contributed by atoms with E-state index in [1.807, 2.05) is 56.3 Å². The van der Waals surface area contributed by atoms with Crippen LogP contribution in [0, 0.1) is 13.8 Å². The van der Waals surface area contributed by atoms with E-state index in [4.69, 9.17) is 4.98 Å². The molecule has 0 atom stereocenters. The molecule has 26 heavy (non-hydrogen) atoms. The summed E-state index contributed by atoms with van der Waals surface area (Å²) in [5.74, 6) is 0.659. The topological polar surface area (TPSA) is 69.4 Å². The second-order valence-corrected chi connectivity index (χ2v) is 6.67. The Hall–Kier alpha value is -3.06. The highest BCUT2D eigenvalue weighted by molar-refractivity contribution is 7.99. The molecule has 0 unspecified atom stereocenters. The van der Waals surface area contributed by atoms with Crippen molar-refractivity contribution in [3.63, 3.8) is 0 Å². The SMILES string of the molecule is Cc1nc(-c2cccnc2)nc(Sc2ncn(-c3ccccc3)n2)c1C. The largest absolute Gasteiger partial charge is 0.264 e. The average molecular weight is 360 g/mol. The lowest BCUT2D eigenvalue weighted by molar-refractivity contribution is 0.832. The third-order valence-corrected chi connectivity index (χ3v) is 4.90. The van der Waals surface area contributed by atoms with Crippen LogP contribution in [0.2, 0.25) is 0 Å². The first-order valence-corrected chi connectivity index (χ1v) is 8.93. The molecule has 0 amide bonds. The maximum atomic E-state index is 4.70. The van der Waals surface area contributed by atoms with Crippen molar-refractivity contribution in [3.8, 4) is 17.1 Å². The van der Waals surface area contributed by atoms with E-state index in [0.717, 1.165) is 27.5 Å². The molecule has 0 spiro atoms. The van der Waals surface area contributed by atoms with Crippen LogP contribution in [0.5, 0.6) is 0 Å². The third-order valence-electron chi connectivity index (χ3n) is 3.94. The van der Waals surface area contributed by atoms with Gasteiger partial charge in [0.2, 0.25) is 5.16 Å². The predicted octanol–water partition coefficient (Wildman–Crippen LogP) is 3.89. The molecule has 6 nitrogen and oxygen atoms in total. The van der Waals surface area contributed by atoms with Gasteiger partial charge in [0.05, 0.1) is 5.69 Å². The summed E-state index contributed by atoms with van der Waals surface area (Å²) in [5, 5.41) is 6.04. The highest BCUT2D eigenvalue weighted by Crippen LogP contribution is 2.29. The summed E-state index contributed by atoms with van der Waals surface area (Å²) in [6.07, 6.45) is 5.21. The van der Waals surface area contributed by atoms with Crippen molar-refractivity contribution >= 4 is 11.8 Å². The first-order valence-electron chi connectivity index (χ1n) is 8.11. The molecule has 0 bridgehead atoms. The Morgan fingerprint density at radius 1 is 0.962 bits per heavy atom. The van der Waals surface area contributed by atoms with Gasteiger partial charge < -0.3 is 0 Å². The van der Waals surface area contributed by atoms with Crippen LogP contribution in [0.25, 0.3) is 17.1 Å². The fourth-order valence-electron chi connectivity index (χ4n) is 2.41. The molecule has 0 aliphatic carbocycles. The lowest BCUT2D eigenvalue weighted by atomic mass is 10.2. The van der Waals surface area contributed by atoms with Crippen LogP contribution in [-0.2, 0) is 0 Å². The highest BCUT2D eigenvalue weighted by Gasteiger charge is 2.13. The number of benzene rings is 1. The predicted molar refractivity (Wildman–Crippen MR) is 100 cm³/mol. The van der Waals surface area contributed by atoms with Crippen molar-refractivity contribution in [2.75, 3.05) is 0 Å². The zero-order chi connectivity index (χ0) is 17.9. The quantitative estimate of drug-likeness (QED) is 0.514. The minimum atomic E-state index is 0.646. The summed E-state index contributed by atoms with van der Waals surface area (Å²) in [7, 11) is 0. The fourth-order valence-corrected chi connectivity index (χ4v) is 3.25. The van der Waals surface area contributed by atoms with E-state index in [2.05, 4.69) is 20.1 Å². The molecule has 0 aliphatic rings. The molecule has 128 valence electrons. The van der Waals surface area contributed by atoms with E-state index in [0.29, 0.717) is 11.0 Å². The molecular formula is C19H16N6S. The Kier molecular flexibility index (Phi) is 4.45. The first-order chi connectivity index (χ1) is 12.7. The van der Waals surface area contributed by atoms with E-state index in [9.17, 15) is 0 Å².